The molecular formula is C9H11N3O4S. The highest BCUT2D eigenvalue weighted by Crippen LogP contribution is 2.22. The second kappa shape index (κ2) is 4.38. The molecule has 1 saturated heterocycles. The van der Waals surface area contributed by atoms with Crippen LogP contribution in [0.25, 0.3) is 0 Å². The number of hydrogen-bond donors (Lipinski definition) is 2. The first-order valence-electron chi connectivity index (χ1n) is 5.01. The molecule has 0 aliphatic carbocycles. The van der Waals surface area contributed by atoms with E-state index in [9.17, 15) is 14.7 Å². The van der Waals surface area contributed by atoms with Crippen molar-refractivity contribution in [3.63, 3.8) is 0 Å². The van der Waals surface area contributed by atoms with Crippen LogP contribution < -0.4 is 0 Å². The topological polar surface area (TPSA) is 104 Å². The van der Waals surface area contributed by atoms with Crippen molar-refractivity contribution in [1.29, 1.82) is 0 Å². The van der Waals surface area contributed by atoms with E-state index >= 15 is 0 Å². The average Bonchev–Trinajstić information content (AvgIpc) is 2.83. The van der Waals surface area contributed by atoms with Gasteiger partial charge in [0.25, 0.3) is 5.91 Å². The second-order valence-electron chi connectivity index (χ2n) is 3.89. The first-order chi connectivity index (χ1) is 8.00. The molecule has 7 nitrogen and oxygen atoms in total. The molecule has 1 aliphatic heterocycles. The lowest BCUT2D eigenvalue weighted by Gasteiger charge is -2.20. The highest BCUT2D eigenvalue weighted by molar-refractivity contribution is 7.07. The van der Waals surface area contributed by atoms with Crippen LogP contribution in [0.2, 0.25) is 0 Å². The van der Waals surface area contributed by atoms with Gasteiger partial charge in [0.15, 0.2) is 0 Å². The molecule has 0 aromatic carbocycles. The van der Waals surface area contributed by atoms with Crippen LogP contribution in [0.4, 0.5) is 0 Å². The first kappa shape index (κ1) is 11.9. The minimum atomic E-state index is -1.11. The largest absolute Gasteiger partial charge is 0.480 e. The zero-order chi connectivity index (χ0) is 12.6. The molecule has 8 heteroatoms. The summed E-state index contributed by atoms with van der Waals surface area (Å²) in [5.74, 6) is -1.54. The number of β-amino-alcohol motifs (C(OH)–C–C–N with tert-alkyl or cyclic N) is 1. The van der Waals surface area contributed by atoms with Crippen LogP contribution in [-0.4, -0.2) is 55.3 Å². The highest BCUT2D eigenvalue weighted by atomic mass is 32.1. The number of aliphatic hydroxyl groups excluding tert-OH is 1. The molecule has 0 spiro atoms. The van der Waals surface area contributed by atoms with Gasteiger partial charge in [-0.3, -0.25) is 4.79 Å². The molecule has 0 radical (unpaired) electrons. The fourth-order valence-corrected chi connectivity index (χ4v) is 2.44. The standard InChI is InChI=1S/C9H11N3O4S/c1-4-7(17-11-10-4)8(14)12-3-5(13)2-6(12)9(15)16/h5-6,13H,2-3H2,1H3,(H,15,16)/t5-,6-/m1/s1. The van der Waals surface area contributed by atoms with Gasteiger partial charge < -0.3 is 15.1 Å². The van der Waals surface area contributed by atoms with Gasteiger partial charge in [-0.25, -0.2) is 4.79 Å². The average molecular weight is 257 g/mol. The normalized spacial score (nSPS) is 24.0. The number of aliphatic hydroxyl groups is 1. The highest BCUT2D eigenvalue weighted by Gasteiger charge is 2.40. The summed E-state index contributed by atoms with van der Waals surface area (Å²) < 4.78 is 3.64. The molecule has 17 heavy (non-hydrogen) atoms. The van der Waals surface area contributed by atoms with E-state index in [0.717, 1.165) is 16.4 Å². The van der Waals surface area contributed by atoms with Crippen molar-refractivity contribution in [3.05, 3.63) is 10.6 Å². The van der Waals surface area contributed by atoms with Crippen molar-refractivity contribution in [1.82, 2.24) is 14.5 Å². The molecule has 0 saturated carbocycles. The number of nitrogens with zero attached hydrogens (tertiary/aromatic N) is 3. The van der Waals surface area contributed by atoms with Gasteiger partial charge in [0.2, 0.25) is 0 Å². The lowest BCUT2D eigenvalue weighted by molar-refractivity contribution is -0.141. The molecule has 0 unspecified atom stereocenters. The Bertz CT molecular complexity index is 461. The maximum Gasteiger partial charge on any atom is 0.326 e. The van der Waals surface area contributed by atoms with Crippen molar-refractivity contribution < 1.29 is 19.8 Å². The zero-order valence-electron chi connectivity index (χ0n) is 9.03. The molecule has 1 fully saturated rings. The molecule has 2 rings (SSSR count). The van der Waals surface area contributed by atoms with E-state index < -0.39 is 24.0 Å². The summed E-state index contributed by atoms with van der Waals surface area (Å²) in [6.07, 6.45) is -0.729. The summed E-state index contributed by atoms with van der Waals surface area (Å²) in [5, 5.41) is 22.1. The number of aryl methyl sites for hydroxylation is 1. The quantitative estimate of drug-likeness (QED) is 0.740. The Morgan fingerprint density at radius 3 is 2.76 bits per heavy atom. The molecule has 2 N–H and O–H groups in total. The minimum absolute atomic E-state index is 0.0349. The summed E-state index contributed by atoms with van der Waals surface area (Å²) in [6.45, 7) is 1.67. The van der Waals surface area contributed by atoms with Crippen molar-refractivity contribution in [3.8, 4) is 0 Å². The predicted octanol–water partition coefficient (Wildman–Crippen LogP) is -0.493. The van der Waals surface area contributed by atoms with Crippen LogP contribution in [0.3, 0.4) is 0 Å². The van der Waals surface area contributed by atoms with Crippen LogP contribution in [0.1, 0.15) is 21.8 Å². The van der Waals surface area contributed by atoms with Gasteiger partial charge in [-0.05, 0) is 18.5 Å². The number of carboxylic acids is 1. The van der Waals surface area contributed by atoms with Gasteiger partial charge in [-0.1, -0.05) is 4.49 Å². The Balaban J connectivity index is 2.25. The Hall–Kier alpha value is -1.54. The maximum absolute atomic E-state index is 12.1. The van der Waals surface area contributed by atoms with Crippen LogP contribution in [0, 0.1) is 6.92 Å². The lowest BCUT2D eigenvalue weighted by atomic mass is 10.2. The SMILES string of the molecule is Cc1nnsc1C(=O)N1C[C@H](O)C[C@@H]1C(=O)O. The number of amides is 1. The van der Waals surface area contributed by atoms with Crippen LogP contribution in [0.5, 0.6) is 0 Å². The second-order valence-corrected chi connectivity index (χ2v) is 4.64. The molecule has 1 aliphatic rings. The molecule has 2 atom stereocenters. The number of carbonyl (C=O) groups is 2. The predicted molar refractivity (Wildman–Crippen MR) is 57.7 cm³/mol. The third-order valence-corrected chi connectivity index (χ3v) is 3.49. The number of aromatic nitrogens is 2. The smallest absolute Gasteiger partial charge is 0.326 e. The fourth-order valence-electron chi connectivity index (χ4n) is 1.83. The zero-order valence-corrected chi connectivity index (χ0v) is 9.85. The molecule has 1 aromatic rings. The van der Waals surface area contributed by atoms with Gasteiger partial charge in [0.1, 0.15) is 10.9 Å². The van der Waals surface area contributed by atoms with E-state index in [-0.39, 0.29) is 13.0 Å². The first-order valence-corrected chi connectivity index (χ1v) is 5.79. The Morgan fingerprint density at radius 2 is 2.24 bits per heavy atom. The number of likely N-dealkylation sites (tertiary alicyclic amines) is 1. The van der Waals surface area contributed by atoms with Gasteiger partial charge in [0, 0.05) is 13.0 Å². The monoisotopic (exact) mass is 257 g/mol. The third kappa shape index (κ3) is 2.13. The lowest BCUT2D eigenvalue weighted by Crippen LogP contribution is -2.40. The number of aliphatic carboxylic acids is 1. The van der Waals surface area contributed by atoms with Gasteiger partial charge in [0.05, 0.1) is 11.8 Å². The number of rotatable bonds is 2. The summed E-state index contributed by atoms with van der Waals surface area (Å²) in [6, 6.07) is -0.973. The molecule has 92 valence electrons. The number of carbonyl (C=O) groups excluding carboxylic acids is 1. The van der Waals surface area contributed by atoms with Crippen molar-refractivity contribution in [2.45, 2.75) is 25.5 Å². The van der Waals surface area contributed by atoms with E-state index in [4.69, 9.17) is 5.11 Å². The van der Waals surface area contributed by atoms with Crippen molar-refractivity contribution in [2.75, 3.05) is 6.54 Å². The van der Waals surface area contributed by atoms with Crippen molar-refractivity contribution in [2.24, 2.45) is 0 Å². The van der Waals surface area contributed by atoms with Crippen LogP contribution >= 0.6 is 11.5 Å². The molecule has 1 aromatic heterocycles. The van der Waals surface area contributed by atoms with Crippen LogP contribution in [-0.2, 0) is 4.79 Å². The van der Waals surface area contributed by atoms with Crippen molar-refractivity contribution >= 4 is 23.4 Å². The molecule has 1 amide bonds. The van der Waals surface area contributed by atoms with E-state index in [1.807, 2.05) is 0 Å². The minimum Gasteiger partial charge on any atom is -0.480 e. The fraction of sp³-hybridized carbons (Fsp3) is 0.556. The molecule has 2 heterocycles. The van der Waals surface area contributed by atoms with Crippen LogP contribution in [0.15, 0.2) is 0 Å². The number of hydrogen-bond acceptors (Lipinski definition) is 6. The van der Waals surface area contributed by atoms with E-state index in [1.165, 1.54) is 0 Å². The van der Waals surface area contributed by atoms with E-state index in [2.05, 4.69) is 9.59 Å². The summed E-state index contributed by atoms with van der Waals surface area (Å²) >= 11 is 0.933. The number of carboxylic acid groups (broad SMARTS) is 1. The third-order valence-electron chi connectivity index (χ3n) is 2.67. The summed E-state index contributed by atoms with van der Waals surface area (Å²) in [4.78, 5) is 24.5. The van der Waals surface area contributed by atoms with E-state index in [0.29, 0.717) is 10.6 Å². The summed E-state index contributed by atoms with van der Waals surface area (Å²) in [5.41, 5.74) is 0.477. The summed E-state index contributed by atoms with van der Waals surface area (Å²) in [7, 11) is 0. The molecule has 0 bridgehead atoms. The Kier molecular flexibility index (Phi) is 3.07. The Morgan fingerprint density at radius 1 is 1.53 bits per heavy atom. The van der Waals surface area contributed by atoms with Gasteiger partial charge in [-0.15, -0.1) is 5.10 Å². The van der Waals surface area contributed by atoms with Gasteiger partial charge >= 0.3 is 5.97 Å². The van der Waals surface area contributed by atoms with E-state index in [1.54, 1.807) is 6.92 Å². The molecular weight excluding hydrogens is 246 g/mol. The maximum atomic E-state index is 12.1. The van der Waals surface area contributed by atoms with Gasteiger partial charge in [-0.2, -0.15) is 0 Å². The Labute approximate surface area is 101 Å².